The third-order valence-corrected chi connectivity index (χ3v) is 4.19. The highest BCUT2D eigenvalue weighted by Crippen LogP contribution is 2.19. The minimum absolute atomic E-state index is 0.279. The molecule has 0 saturated carbocycles. The van der Waals surface area contributed by atoms with Crippen LogP contribution in [0, 0.1) is 11.6 Å². The Labute approximate surface area is 135 Å². The molecule has 0 aliphatic heterocycles. The summed E-state index contributed by atoms with van der Waals surface area (Å²) in [5, 5.41) is 0.279. The third kappa shape index (κ3) is 3.65. The Kier molecular flexibility index (Phi) is 4.52. The van der Waals surface area contributed by atoms with Crippen molar-refractivity contribution < 1.29 is 8.78 Å². The molecule has 23 heavy (non-hydrogen) atoms. The standard InChI is InChI=1S/C17H12F2N2OS/c18-13-4-1-3-12(9-13)11-23-16-17(22)21(8-7-20-16)15-6-2-5-14(19)10-15/h1-10H,11H2. The molecular formula is C17H12F2N2OS. The molecule has 0 saturated heterocycles. The van der Waals surface area contributed by atoms with E-state index in [2.05, 4.69) is 4.98 Å². The van der Waals surface area contributed by atoms with Crippen LogP contribution in [0.3, 0.4) is 0 Å². The molecule has 0 bridgehead atoms. The fraction of sp³-hybridized carbons (Fsp3) is 0.0588. The van der Waals surface area contributed by atoms with Crippen molar-refractivity contribution in [2.24, 2.45) is 0 Å². The van der Waals surface area contributed by atoms with E-state index >= 15 is 0 Å². The molecule has 2 aromatic carbocycles. The summed E-state index contributed by atoms with van der Waals surface area (Å²) in [6.45, 7) is 0. The normalized spacial score (nSPS) is 10.7. The summed E-state index contributed by atoms with van der Waals surface area (Å²) in [6.07, 6.45) is 2.98. The molecule has 0 atom stereocenters. The molecule has 3 nitrogen and oxygen atoms in total. The first-order valence-electron chi connectivity index (χ1n) is 6.84. The van der Waals surface area contributed by atoms with Crippen molar-refractivity contribution in [2.45, 2.75) is 10.8 Å². The van der Waals surface area contributed by atoms with Crippen molar-refractivity contribution in [1.29, 1.82) is 0 Å². The zero-order chi connectivity index (χ0) is 16.2. The molecule has 0 N–H and O–H groups in total. The van der Waals surface area contributed by atoms with E-state index in [9.17, 15) is 13.6 Å². The Morgan fingerprint density at radius 2 is 1.78 bits per heavy atom. The number of aromatic nitrogens is 2. The second kappa shape index (κ2) is 6.75. The molecule has 3 rings (SSSR count). The van der Waals surface area contributed by atoms with Gasteiger partial charge in [0.25, 0.3) is 5.56 Å². The summed E-state index contributed by atoms with van der Waals surface area (Å²) >= 11 is 1.22. The zero-order valence-corrected chi connectivity index (χ0v) is 12.8. The van der Waals surface area contributed by atoms with Crippen LogP contribution in [0.1, 0.15) is 5.56 Å². The highest BCUT2D eigenvalue weighted by molar-refractivity contribution is 7.98. The fourth-order valence-electron chi connectivity index (χ4n) is 2.10. The van der Waals surface area contributed by atoms with Gasteiger partial charge in [0.2, 0.25) is 0 Å². The van der Waals surface area contributed by atoms with E-state index in [1.54, 1.807) is 18.2 Å². The van der Waals surface area contributed by atoms with Crippen molar-refractivity contribution in [3.8, 4) is 5.69 Å². The third-order valence-electron chi connectivity index (χ3n) is 3.16. The average Bonchev–Trinajstić information content (AvgIpc) is 2.54. The van der Waals surface area contributed by atoms with Gasteiger partial charge in [0.1, 0.15) is 11.6 Å². The van der Waals surface area contributed by atoms with E-state index < -0.39 is 5.82 Å². The van der Waals surface area contributed by atoms with Crippen LogP contribution in [0.15, 0.2) is 70.7 Å². The smallest absolute Gasteiger partial charge is 0.280 e. The van der Waals surface area contributed by atoms with Gasteiger partial charge in [-0.15, -0.1) is 0 Å². The van der Waals surface area contributed by atoms with E-state index in [1.807, 2.05) is 0 Å². The van der Waals surface area contributed by atoms with Crippen molar-refractivity contribution in [1.82, 2.24) is 9.55 Å². The molecular weight excluding hydrogens is 318 g/mol. The lowest BCUT2D eigenvalue weighted by atomic mass is 10.2. The SMILES string of the molecule is O=c1c(SCc2cccc(F)c2)nccn1-c1cccc(F)c1. The predicted octanol–water partition coefficient (Wildman–Crippen LogP) is 3.80. The van der Waals surface area contributed by atoms with E-state index in [0.29, 0.717) is 11.4 Å². The molecule has 0 spiro atoms. The van der Waals surface area contributed by atoms with Gasteiger partial charge in [0.05, 0.1) is 5.69 Å². The Bertz CT molecular complexity index is 896. The fourth-order valence-corrected chi connectivity index (χ4v) is 2.94. The number of hydrogen-bond donors (Lipinski definition) is 0. The van der Waals surface area contributed by atoms with Crippen LogP contribution in [0.2, 0.25) is 0 Å². The van der Waals surface area contributed by atoms with Crippen LogP contribution >= 0.6 is 11.8 Å². The summed E-state index contributed by atoms with van der Waals surface area (Å²) in [5.41, 5.74) is 0.863. The molecule has 0 unspecified atom stereocenters. The van der Waals surface area contributed by atoms with Gasteiger partial charge in [0.15, 0.2) is 5.03 Å². The Hall–Kier alpha value is -2.47. The molecule has 0 radical (unpaired) electrons. The quantitative estimate of drug-likeness (QED) is 0.683. The lowest BCUT2D eigenvalue weighted by Gasteiger charge is -2.07. The first-order chi connectivity index (χ1) is 11.1. The molecule has 3 aromatic rings. The zero-order valence-electron chi connectivity index (χ0n) is 11.9. The van der Waals surface area contributed by atoms with Gasteiger partial charge in [-0.2, -0.15) is 0 Å². The predicted molar refractivity (Wildman–Crippen MR) is 85.8 cm³/mol. The van der Waals surface area contributed by atoms with Crippen molar-refractivity contribution in [3.63, 3.8) is 0 Å². The Morgan fingerprint density at radius 3 is 2.52 bits per heavy atom. The second-order valence-corrected chi connectivity index (χ2v) is 5.77. The maximum Gasteiger partial charge on any atom is 0.287 e. The summed E-state index contributed by atoms with van der Waals surface area (Å²) < 4.78 is 27.8. The van der Waals surface area contributed by atoms with Gasteiger partial charge >= 0.3 is 0 Å². The molecule has 0 aliphatic rings. The number of benzene rings is 2. The second-order valence-electron chi connectivity index (χ2n) is 4.81. The summed E-state index contributed by atoms with van der Waals surface area (Å²) in [7, 11) is 0. The highest BCUT2D eigenvalue weighted by Gasteiger charge is 2.08. The van der Waals surface area contributed by atoms with Crippen molar-refractivity contribution in [3.05, 3.63) is 88.5 Å². The van der Waals surface area contributed by atoms with Crippen molar-refractivity contribution in [2.75, 3.05) is 0 Å². The van der Waals surface area contributed by atoms with Gasteiger partial charge in [-0.05, 0) is 35.9 Å². The van der Waals surface area contributed by atoms with E-state index in [-0.39, 0.29) is 16.4 Å². The van der Waals surface area contributed by atoms with E-state index in [1.165, 1.54) is 59.1 Å². The minimum atomic E-state index is -0.417. The van der Waals surface area contributed by atoms with E-state index in [0.717, 1.165) is 5.56 Å². The lowest BCUT2D eigenvalue weighted by molar-refractivity contribution is 0.626. The van der Waals surface area contributed by atoms with Crippen molar-refractivity contribution >= 4 is 11.8 Å². The van der Waals surface area contributed by atoms with E-state index in [4.69, 9.17) is 0 Å². The maximum atomic E-state index is 13.3. The van der Waals surface area contributed by atoms with Crippen LogP contribution in [-0.2, 0) is 5.75 Å². The molecule has 0 amide bonds. The summed E-state index contributed by atoms with van der Waals surface area (Å²) in [5.74, 6) is -0.311. The number of nitrogens with zero attached hydrogens (tertiary/aromatic N) is 2. The number of thioether (sulfide) groups is 1. The topological polar surface area (TPSA) is 34.9 Å². The van der Waals surface area contributed by atoms with Gasteiger partial charge in [-0.3, -0.25) is 9.36 Å². The minimum Gasteiger partial charge on any atom is -0.280 e. The molecule has 6 heteroatoms. The Morgan fingerprint density at radius 1 is 1.04 bits per heavy atom. The molecule has 116 valence electrons. The highest BCUT2D eigenvalue weighted by atomic mass is 32.2. The van der Waals surface area contributed by atoms with Gasteiger partial charge < -0.3 is 0 Å². The Balaban J connectivity index is 1.87. The number of rotatable bonds is 4. The largest absolute Gasteiger partial charge is 0.287 e. The maximum absolute atomic E-state index is 13.3. The van der Waals surface area contributed by atoms with Gasteiger partial charge in [-0.25, -0.2) is 13.8 Å². The van der Waals surface area contributed by atoms with Gasteiger partial charge in [-0.1, -0.05) is 30.0 Å². The first-order valence-corrected chi connectivity index (χ1v) is 7.83. The monoisotopic (exact) mass is 330 g/mol. The summed E-state index contributed by atoms with van der Waals surface area (Å²) in [4.78, 5) is 16.5. The van der Waals surface area contributed by atoms with Crippen LogP contribution < -0.4 is 5.56 Å². The lowest BCUT2D eigenvalue weighted by Crippen LogP contribution is -2.20. The molecule has 1 heterocycles. The van der Waals surface area contributed by atoms with Crippen LogP contribution in [0.5, 0.6) is 0 Å². The summed E-state index contributed by atoms with van der Waals surface area (Å²) in [6, 6.07) is 12.0. The average molecular weight is 330 g/mol. The van der Waals surface area contributed by atoms with Crippen LogP contribution in [0.4, 0.5) is 8.78 Å². The number of halogens is 2. The molecule has 1 aromatic heterocycles. The molecule has 0 aliphatic carbocycles. The number of hydrogen-bond acceptors (Lipinski definition) is 3. The van der Waals surface area contributed by atoms with Gasteiger partial charge in [0, 0.05) is 18.1 Å². The van der Waals surface area contributed by atoms with Crippen LogP contribution in [0.25, 0.3) is 5.69 Å². The first kappa shape index (κ1) is 15.4. The van der Waals surface area contributed by atoms with Crippen LogP contribution in [-0.4, -0.2) is 9.55 Å². The molecule has 0 fully saturated rings.